The molecule has 2 N–H and O–H groups in total. The fourth-order valence-electron chi connectivity index (χ4n) is 4.83. The van der Waals surface area contributed by atoms with Crippen LogP contribution in [-0.4, -0.2) is 45.1 Å². The largest absolute Gasteiger partial charge is 0.495 e. The smallest absolute Gasteiger partial charge is 0.253 e. The highest BCUT2D eigenvalue weighted by Crippen LogP contribution is 2.31. The maximum absolute atomic E-state index is 13.6. The third-order valence-corrected chi connectivity index (χ3v) is 6.81. The maximum Gasteiger partial charge on any atom is 0.253 e. The molecule has 0 saturated carbocycles. The summed E-state index contributed by atoms with van der Waals surface area (Å²) in [6.45, 7) is 9.11. The van der Waals surface area contributed by atoms with Gasteiger partial charge in [0.15, 0.2) is 0 Å². The third kappa shape index (κ3) is 6.65. The van der Waals surface area contributed by atoms with Crippen molar-refractivity contribution in [3.63, 3.8) is 0 Å². The molecule has 1 fully saturated rings. The predicted molar refractivity (Wildman–Crippen MR) is 154 cm³/mol. The van der Waals surface area contributed by atoms with Gasteiger partial charge in [-0.25, -0.2) is 0 Å². The lowest BCUT2D eigenvalue weighted by Gasteiger charge is -2.38. The molecular weight excluding hydrogens is 476 g/mol. The van der Waals surface area contributed by atoms with E-state index in [0.717, 1.165) is 48.9 Å². The SMILES string of the molecule is COc1ccccc1N1CCN(c2ccc(NC(=O)CC(C)C)cc2C(=O)N[C@H](C)c2ccccc2)CC1. The van der Waals surface area contributed by atoms with E-state index in [4.69, 9.17) is 4.74 Å². The summed E-state index contributed by atoms with van der Waals surface area (Å²) in [5.74, 6) is 0.895. The van der Waals surface area contributed by atoms with Crippen LogP contribution in [0.25, 0.3) is 0 Å². The van der Waals surface area contributed by atoms with Crippen LogP contribution in [0.1, 0.15) is 49.2 Å². The van der Waals surface area contributed by atoms with Crippen molar-refractivity contribution in [1.29, 1.82) is 0 Å². The van der Waals surface area contributed by atoms with E-state index in [2.05, 4.69) is 26.5 Å². The molecule has 1 saturated heterocycles. The molecule has 0 bridgehead atoms. The minimum atomic E-state index is -0.163. The molecule has 1 atom stereocenters. The number of rotatable bonds is 9. The molecule has 3 aromatic rings. The van der Waals surface area contributed by atoms with Gasteiger partial charge < -0.3 is 25.2 Å². The van der Waals surface area contributed by atoms with Crippen LogP contribution in [0, 0.1) is 5.92 Å². The van der Waals surface area contributed by atoms with Crippen molar-refractivity contribution < 1.29 is 14.3 Å². The Hall–Kier alpha value is -4.00. The maximum atomic E-state index is 13.6. The Morgan fingerprint density at radius 3 is 2.13 bits per heavy atom. The lowest BCUT2D eigenvalue weighted by Crippen LogP contribution is -2.47. The number of carbonyl (C=O) groups excluding carboxylic acids is 2. The van der Waals surface area contributed by atoms with Crippen LogP contribution < -0.4 is 25.2 Å². The van der Waals surface area contributed by atoms with Gasteiger partial charge in [-0.1, -0.05) is 56.3 Å². The van der Waals surface area contributed by atoms with Gasteiger partial charge in [0.1, 0.15) is 5.75 Å². The monoisotopic (exact) mass is 514 g/mol. The van der Waals surface area contributed by atoms with Gasteiger partial charge in [-0.15, -0.1) is 0 Å². The molecule has 1 aliphatic heterocycles. The van der Waals surface area contributed by atoms with Crippen molar-refractivity contribution in [3.05, 3.63) is 83.9 Å². The topological polar surface area (TPSA) is 73.9 Å². The number of carbonyl (C=O) groups is 2. The average molecular weight is 515 g/mol. The zero-order valence-electron chi connectivity index (χ0n) is 22.7. The fraction of sp³-hybridized carbons (Fsp3) is 0.355. The van der Waals surface area contributed by atoms with Crippen LogP contribution in [0.3, 0.4) is 0 Å². The standard InChI is InChI=1S/C31H38N4O3/c1-22(2)20-30(36)33-25-14-15-27(26(21-25)31(37)32-23(3)24-10-6-5-7-11-24)34-16-18-35(19-17-34)28-12-8-9-13-29(28)38-4/h5-15,21-23H,16-20H2,1-4H3,(H,32,37)(H,33,36)/t23-/m1/s1. The first-order chi connectivity index (χ1) is 18.4. The Bertz CT molecular complexity index is 1240. The number of piperazine rings is 1. The first-order valence-corrected chi connectivity index (χ1v) is 13.3. The van der Waals surface area contributed by atoms with Crippen LogP contribution >= 0.6 is 0 Å². The van der Waals surface area contributed by atoms with Gasteiger partial charge in [-0.2, -0.15) is 0 Å². The van der Waals surface area contributed by atoms with E-state index in [1.54, 1.807) is 13.2 Å². The summed E-state index contributed by atoms with van der Waals surface area (Å²) >= 11 is 0. The summed E-state index contributed by atoms with van der Waals surface area (Å²) in [6, 6.07) is 23.4. The Morgan fingerprint density at radius 2 is 1.47 bits per heavy atom. The molecule has 3 aromatic carbocycles. The molecule has 0 aromatic heterocycles. The molecule has 0 radical (unpaired) electrons. The summed E-state index contributed by atoms with van der Waals surface area (Å²) in [5, 5.41) is 6.11. The zero-order valence-corrected chi connectivity index (χ0v) is 22.7. The third-order valence-electron chi connectivity index (χ3n) is 6.81. The Labute approximate surface area is 225 Å². The normalized spacial score (nSPS) is 14.2. The van der Waals surface area contributed by atoms with Gasteiger partial charge in [0.2, 0.25) is 5.91 Å². The number of hydrogen-bond donors (Lipinski definition) is 2. The lowest BCUT2D eigenvalue weighted by atomic mass is 10.1. The van der Waals surface area contributed by atoms with Gasteiger partial charge in [0.25, 0.3) is 5.91 Å². The minimum absolute atomic E-state index is 0.0535. The second-order valence-corrected chi connectivity index (χ2v) is 10.1. The summed E-state index contributed by atoms with van der Waals surface area (Å²) in [4.78, 5) is 30.6. The summed E-state index contributed by atoms with van der Waals surface area (Å²) < 4.78 is 5.56. The van der Waals surface area contributed by atoms with Gasteiger partial charge in [-0.3, -0.25) is 9.59 Å². The number of nitrogens with zero attached hydrogens (tertiary/aromatic N) is 2. The van der Waals surface area contributed by atoms with Crippen LogP contribution in [0.5, 0.6) is 5.75 Å². The molecule has 1 heterocycles. The number of benzene rings is 3. The number of para-hydroxylation sites is 2. The molecule has 0 unspecified atom stereocenters. The average Bonchev–Trinajstić information content (AvgIpc) is 2.93. The quantitative estimate of drug-likeness (QED) is 0.395. The van der Waals surface area contributed by atoms with Crippen LogP contribution in [0.4, 0.5) is 17.1 Å². The number of nitrogens with one attached hydrogen (secondary N) is 2. The molecular formula is C31H38N4O3. The molecule has 7 heteroatoms. The van der Waals surface area contributed by atoms with Crippen LogP contribution in [0.15, 0.2) is 72.8 Å². The molecule has 0 spiro atoms. The Balaban J connectivity index is 1.55. The fourth-order valence-corrected chi connectivity index (χ4v) is 4.83. The van der Waals surface area contributed by atoms with Crippen molar-refractivity contribution in [2.45, 2.75) is 33.2 Å². The first-order valence-electron chi connectivity index (χ1n) is 13.3. The number of ether oxygens (including phenoxy) is 1. The molecule has 200 valence electrons. The zero-order chi connectivity index (χ0) is 27.1. The summed E-state index contributed by atoms with van der Waals surface area (Å²) in [6.07, 6.45) is 0.430. The number of amides is 2. The molecule has 38 heavy (non-hydrogen) atoms. The van der Waals surface area contributed by atoms with Crippen molar-refractivity contribution in [2.24, 2.45) is 5.92 Å². The number of hydrogen-bond acceptors (Lipinski definition) is 5. The van der Waals surface area contributed by atoms with Gasteiger partial charge in [0, 0.05) is 44.0 Å². The van der Waals surface area contributed by atoms with Crippen molar-refractivity contribution in [1.82, 2.24) is 5.32 Å². The van der Waals surface area contributed by atoms with Crippen LogP contribution in [0.2, 0.25) is 0 Å². The second-order valence-electron chi connectivity index (χ2n) is 10.1. The number of methoxy groups -OCH3 is 1. The Kier molecular flexibility index (Phi) is 8.89. The number of anilines is 3. The van der Waals surface area contributed by atoms with Crippen molar-refractivity contribution >= 4 is 28.9 Å². The highest BCUT2D eigenvalue weighted by molar-refractivity contribution is 6.02. The van der Waals surface area contributed by atoms with E-state index < -0.39 is 0 Å². The molecule has 0 aliphatic carbocycles. The van der Waals surface area contributed by atoms with E-state index in [-0.39, 0.29) is 23.8 Å². The van der Waals surface area contributed by atoms with Gasteiger partial charge in [-0.05, 0) is 48.7 Å². The van der Waals surface area contributed by atoms with Crippen molar-refractivity contribution in [3.8, 4) is 5.75 Å². The second kappa shape index (κ2) is 12.5. The van der Waals surface area contributed by atoms with E-state index in [0.29, 0.717) is 17.7 Å². The molecule has 1 aliphatic rings. The predicted octanol–water partition coefficient (Wildman–Crippen LogP) is 5.50. The Morgan fingerprint density at radius 1 is 0.842 bits per heavy atom. The highest BCUT2D eigenvalue weighted by Gasteiger charge is 2.24. The van der Waals surface area contributed by atoms with Crippen molar-refractivity contribution in [2.75, 3.05) is 48.4 Å². The lowest BCUT2D eigenvalue weighted by molar-refractivity contribution is -0.116. The molecule has 7 nitrogen and oxygen atoms in total. The van der Waals surface area contributed by atoms with E-state index in [1.165, 1.54) is 0 Å². The summed E-state index contributed by atoms with van der Waals surface area (Å²) in [7, 11) is 1.69. The van der Waals surface area contributed by atoms with Gasteiger partial charge in [0.05, 0.1) is 24.4 Å². The molecule has 2 amide bonds. The summed E-state index contributed by atoms with van der Waals surface area (Å²) in [5.41, 5.74) is 4.16. The highest BCUT2D eigenvalue weighted by atomic mass is 16.5. The first kappa shape index (κ1) is 27.0. The van der Waals surface area contributed by atoms with E-state index in [1.807, 2.05) is 81.4 Å². The van der Waals surface area contributed by atoms with E-state index >= 15 is 0 Å². The van der Waals surface area contributed by atoms with Gasteiger partial charge >= 0.3 is 0 Å². The van der Waals surface area contributed by atoms with E-state index in [9.17, 15) is 9.59 Å². The minimum Gasteiger partial charge on any atom is -0.495 e. The van der Waals surface area contributed by atoms with Crippen LogP contribution in [-0.2, 0) is 4.79 Å². The molecule has 4 rings (SSSR count).